The molecule has 1 amide bonds. The van der Waals surface area contributed by atoms with Crippen molar-refractivity contribution in [3.05, 3.63) is 102 Å². The van der Waals surface area contributed by atoms with Gasteiger partial charge in [0.1, 0.15) is 5.82 Å². The van der Waals surface area contributed by atoms with Gasteiger partial charge in [-0.2, -0.15) is 10.4 Å². The second-order valence-corrected chi connectivity index (χ2v) is 9.03. The molecule has 0 spiro atoms. The van der Waals surface area contributed by atoms with Crippen LogP contribution in [0.1, 0.15) is 41.0 Å². The number of hydrogen-bond acceptors (Lipinski definition) is 5. The summed E-state index contributed by atoms with van der Waals surface area (Å²) < 4.78 is 1.75. The number of rotatable bonds is 9. The van der Waals surface area contributed by atoms with Gasteiger partial charge in [-0.05, 0) is 47.7 Å². The smallest absolute Gasteiger partial charge is 0.234 e. The van der Waals surface area contributed by atoms with E-state index in [0.29, 0.717) is 24.5 Å². The Morgan fingerprint density at radius 1 is 1.06 bits per heavy atom. The molecule has 0 radical (unpaired) electrons. The number of benzene rings is 2. The number of anilines is 1. The van der Waals surface area contributed by atoms with Crippen LogP contribution in [0.2, 0.25) is 0 Å². The molecule has 0 bridgehead atoms. The van der Waals surface area contributed by atoms with Crippen molar-refractivity contribution in [2.24, 2.45) is 7.05 Å². The largest absolute Gasteiger partial charge is 0.315 e. The molecule has 2 aromatic carbocycles. The Hall–Kier alpha value is -4.28. The molecule has 2 atom stereocenters. The van der Waals surface area contributed by atoms with Gasteiger partial charge in [-0.15, -0.1) is 0 Å². The third-order valence-corrected chi connectivity index (χ3v) is 6.30. The Labute approximate surface area is 211 Å². The lowest BCUT2D eigenvalue weighted by Gasteiger charge is -2.20. The number of nitrogens with zero attached hydrogens (tertiary/aromatic N) is 4. The minimum atomic E-state index is -0.375. The fourth-order valence-electron chi connectivity index (χ4n) is 4.20. The Bertz CT molecular complexity index is 1350. The number of carbonyl (C=O) groups excluding carboxylic acids is 1. The van der Waals surface area contributed by atoms with Crippen LogP contribution < -0.4 is 10.6 Å². The number of nitriles is 1. The summed E-state index contributed by atoms with van der Waals surface area (Å²) in [5.74, 6) is 0.277. The second kappa shape index (κ2) is 11.4. The number of hydrogen-bond donors (Lipinski definition) is 2. The van der Waals surface area contributed by atoms with E-state index in [2.05, 4.69) is 33.7 Å². The predicted octanol–water partition coefficient (Wildman–Crippen LogP) is 4.78. The van der Waals surface area contributed by atoms with E-state index in [-0.39, 0.29) is 17.7 Å². The minimum absolute atomic E-state index is 0.110. The van der Waals surface area contributed by atoms with E-state index < -0.39 is 0 Å². The number of amides is 1. The zero-order valence-electron chi connectivity index (χ0n) is 20.8. The van der Waals surface area contributed by atoms with Crippen LogP contribution in [-0.2, 0) is 11.8 Å². The van der Waals surface area contributed by atoms with Gasteiger partial charge in [0.2, 0.25) is 5.91 Å². The van der Waals surface area contributed by atoms with Crippen LogP contribution in [0.4, 0.5) is 5.82 Å². The summed E-state index contributed by atoms with van der Waals surface area (Å²) in [6.45, 7) is 5.33. The van der Waals surface area contributed by atoms with Crippen LogP contribution in [0.15, 0.2) is 79.3 Å². The Balaban J connectivity index is 1.43. The van der Waals surface area contributed by atoms with Gasteiger partial charge in [0, 0.05) is 43.7 Å². The third kappa shape index (κ3) is 6.04. The molecule has 182 valence electrons. The van der Waals surface area contributed by atoms with Crippen LogP contribution in [0.5, 0.6) is 0 Å². The monoisotopic (exact) mass is 478 g/mol. The molecule has 0 saturated carbocycles. The highest BCUT2D eigenvalue weighted by atomic mass is 16.2. The average molecular weight is 479 g/mol. The maximum absolute atomic E-state index is 13.4. The van der Waals surface area contributed by atoms with E-state index in [1.165, 1.54) is 0 Å². The van der Waals surface area contributed by atoms with Crippen LogP contribution >= 0.6 is 0 Å². The zero-order chi connectivity index (χ0) is 25.5. The SMILES string of the molecule is Cc1cc(NC(=O)C(CNC[C@@H](C)c2ccc(C#N)cc2)c2ccccc2)ncc1-c1cnn(C)c1. The Morgan fingerprint density at radius 3 is 2.44 bits per heavy atom. The average Bonchev–Trinajstić information content (AvgIpc) is 3.32. The summed E-state index contributed by atoms with van der Waals surface area (Å²) >= 11 is 0. The van der Waals surface area contributed by atoms with Crippen LogP contribution in [0, 0.1) is 18.3 Å². The molecule has 36 heavy (non-hydrogen) atoms. The maximum atomic E-state index is 13.4. The van der Waals surface area contributed by atoms with E-state index in [1.807, 2.05) is 80.8 Å². The summed E-state index contributed by atoms with van der Waals surface area (Å²) in [6.07, 6.45) is 5.52. The fourth-order valence-corrected chi connectivity index (χ4v) is 4.20. The first-order chi connectivity index (χ1) is 17.4. The van der Waals surface area contributed by atoms with Crippen molar-refractivity contribution in [1.82, 2.24) is 20.1 Å². The molecule has 0 saturated heterocycles. The van der Waals surface area contributed by atoms with Gasteiger partial charge in [-0.1, -0.05) is 49.4 Å². The lowest BCUT2D eigenvalue weighted by molar-refractivity contribution is -0.117. The van der Waals surface area contributed by atoms with Crippen molar-refractivity contribution >= 4 is 11.7 Å². The molecule has 7 nitrogen and oxygen atoms in total. The van der Waals surface area contributed by atoms with Gasteiger partial charge in [-0.3, -0.25) is 9.48 Å². The Kier molecular flexibility index (Phi) is 7.89. The molecule has 4 rings (SSSR count). The first kappa shape index (κ1) is 24.8. The van der Waals surface area contributed by atoms with Crippen molar-refractivity contribution in [2.75, 3.05) is 18.4 Å². The van der Waals surface area contributed by atoms with Crippen molar-refractivity contribution in [1.29, 1.82) is 5.26 Å². The number of pyridine rings is 1. The zero-order valence-corrected chi connectivity index (χ0v) is 20.8. The molecule has 0 fully saturated rings. The topological polar surface area (TPSA) is 95.6 Å². The quantitative estimate of drug-likeness (QED) is 0.361. The van der Waals surface area contributed by atoms with Gasteiger partial charge < -0.3 is 10.6 Å². The molecule has 4 aromatic rings. The lowest BCUT2D eigenvalue weighted by atomic mass is 9.96. The molecule has 0 aliphatic heterocycles. The lowest BCUT2D eigenvalue weighted by Crippen LogP contribution is -2.32. The van der Waals surface area contributed by atoms with Crippen LogP contribution in [0.3, 0.4) is 0 Å². The second-order valence-electron chi connectivity index (χ2n) is 9.03. The maximum Gasteiger partial charge on any atom is 0.234 e. The van der Waals surface area contributed by atoms with E-state index in [4.69, 9.17) is 5.26 Å². The standard InChI is InChI=1S/C29H30N6O/c1-20-13-28(32-18-26(20)25-16-33-35(3)19-25)34-29(36)27(24-7-5-4-6-8-24)17-31-15-21(2)23-11-9-22(14-30)10-12-23/h4-13,16,18-19,21,27,31H,15,17H2,1-3H3,(H,32,34,36)/t21-,27?/m1/s1. The first-order valence-corrected chi connectivity index (χ1v) is 12.0. The van der Waals surface area contributed by atoms with Gasteiger partial charge in [0.15, 0.2) is 0 Å². The molecule has 1 unspecified atom stereocenters. The van der Waals surface area contributed by atoms with E-state index >= 15 is 0 Å². The van der Waals surface area contributed by atoms with Crippen molar-refractivity contribution in [3.8, 4) is 17.2 Å². The Morgan fingerprint density at radius 2 is 1.81 bits per heavy atom. The normalized spacial score (nSPS) is 12.5. The number of carbonyl (C=O) groups is 1. The third-order valence-electron chi connectivity index (χ3n) is 6.30. The van der Waals surface area contributed by atoms with Crippen LogP contribution in [-0.4, -0.2) is 33.8 Å². The number of nitrogens with one attached hydrogen (secondary N) is 2. The van der Waals surface area contributed by atoms with Gasteiger partial charge >= 0.3 is 0 Å². The molecule has 2 heterocycles. The fraction of sp³-hybridized carbons (Fsp3) is 0.241. The highest BCUT2D eigenvalue weighted by molar-refractivity contribution is 5.95. The van der Waals surface area contributed by atoms with Gasteiger partial charge in [-0.25, -0.2) is 4.98 Å². The van der Waals surface area contributed by atoms with E-state index in [9.17, 15) is 4.79 Å². The summed E-state index contributed by atoms with van der Waals surface area (Å²) in [5, 5.41) is 19.7. The molecule has 0 aliphatic rings. The molecule has 2 N–H and O–H groups in total. The highest BCUT2D eigenvalue weighted by Crippen LogP contribution is 2.25. The summed E-state index contributed by atoms with van der Waals surface area (Å²) in [6, 6.07) is 21.5. The van der Waals surface area contributed by atoms with E-state index in [0.717, 1.165) is 27.8 Å². The molecular formula is C29H30N6O. The summed E-state index contributed by atoms with van der Waals surface area (Å²) in [4.78, 5) is 17.9. The summed E-state index contributed by atoms with van der Waals surface area (Å²) in [7, 11) is 1.88. The van der Waals surface area contributed by atoms with Crippen molar-refractivity contribution in [3.63, 3.8) is 0 Å². The predicted molar refractivity (Wildman–Crippen MR) is 141 cm³/mol. The van der Waals surface area contributed by atoms with Crippen LogP contribution in [0.25, 0.3) is 11.1 Å². The number of aryl methyl sites for hydroxylation is 2. The number of aromatic nitrogens is 3. The molecular weight excluding hydrogens is 448 g/mol. The minimum Gasteiger partial charge on any atom is -0.315 e. The summed E-state index contributed by atoms with van der Waals surface area (Å²) in [5.41, 5.74) is 5.73. The molecule has 0 aliphatic carbocycles. The van der Waals surface area contributed by atoms with Gasteiger partial charge in [0.05, 0.1) is 23.7 Å². The highest BCUT2D eigenvalue weighted by Gasteiger charge is 2.21. The van der Waals surface area contributed by atoms with Crippen molar-refractivity contribution < 1.29 is 4.79 Å². The van der Waals surface area contributed by atoms with E-state index in [1.54, 1.807) is 17.1 Å². The molecule has 7 heteroatoms. The first-order valence-electron chi connectivity index (χ1n) is 12.0. The molecule has 2 aromatic heterocycles. The van der Waals surface area contributed by atoms with Crippen molar-refractivity contribution in [2.45, 2.75) is 25.7 Å². The van der Waals surface area contributed by atoms with Gasteiger partial charge in [0.25, 0.3) is 0 Å².